The van der Waals surface area contributed by atoms with E-state index in [4.69, 9.17) is 4.74 Å². The molecule has 2 saturated heterocycles. The molecule has 16 heavy (non-hydrogen) atoms. The van der Waals surface area contributed by atoms with Crippen molar-refractivity contribution in [3.05, 3.63) is 0 Å². The van der Waals surface area contributed by atoms with Gasteiger partial charge in [0.2, 0.25) is 5.91 Å². The number of nitrogens with one attached hydrogen (secondary N) is 1. The van der Waals surface area contributed by atoms with Crippen LogP contribution in [-0.4, -0.2) is 48.7 Å². The van der Waals surface area contributed by atoms with Gasteiger partial charge in [-0.05, 0) is 33.1 Å². The van der Waals surface area contributed by atoms with Crippen molar-refractivity contribution < 1.29 is 9.53 Å². The summed E-state index contributed by atoms with van der Waals surface area (Å²) in [5.74, 6) is 0.222. The Kier molecular flexibility index (Phi) is 3.82. The molecule has 92 valence electrons. The van der Waals surface area contributed by atoms with Crippen molar-refractivity contribution >= 4 is 5.91 Å². The number of hydrogen-bond acceptors (Lipinski definition) is 3. The van der Waals surface area contributed by atoms with Crippen LogP contribution in [0.25, 0.3) is 0 Å². The van der Waals surface area contributed by atoms with E-state index in [1.165, 1.54) is 6.42 Å². The molecule has 2 fully saturated rings. The molecule has 0 spiro atoms. The molecule has 0 aliphatic carbocycles. The standard InChI is InChI=1S/C12H22N2O2/c1-9-5-3-4-7-14(9)12(15)11-10(2)16-8-6-13-11/h9-11,13H,3-8H2,1-2H3/t9?,10-,11+/m1/s1. The molecule has 0 aromatic carbocycles. The summed E-state index contributed by atoms with van der Waals surface area (Å²) in [5.41, 5.74) is 0. The molecule has 0 aromatic heterocycles. The molecule has 2 aliphatic rings. The van der Waals surface area contributed by atoms with Gasteiger partial charge >= 0.3 is 0 Å². The van der Waals surface area contributed by atoms with E-state index in [0.29, 0.717) is 12.6 Å². The molecular formula is C12H22N2O2. The van der Waals surface area contributed by atoms with Gasteiger partial charge in [0.05, 0.1) is 12.7 Å². The third kappa shape index (κ3) is 2.38. The Morgan fingerprint density at radius 1 is 1.38 bits per heavy atom. The van der Waals surface area contributed by atoms with E-state index >= 15 is 0 Å². The highest BCUT2D eigenvalue weighted by atomic mass is 16.5. The lowest BCUT2D eigenvalue weighted by atomic mass is 10.0. The maximum absolute atomic E-state index is 12.4. The summed E-state index contributed by atoms with van der Waals surface area (Å²) >= 11 is 0. The Morgan fingerprint density at radius 2 is 2.19 bits per heavy atom. The predicted octanol–water partition coefficient (Wildman–Crippen LogP) is 0.764. The van der Waals surface area contributed by atoms with Gasteiger partial charge in [-0.25, -0.2) is 0 Å². The molecule has 0 aromatic rings. The molecular weight excluding hydrogens is 204 g/mol. The minimum atomic E-state index is -0.144. The first kappa shape index (κ1) is 11.9. The second kappa shape index (κ2) is 5.15. The van der Waals surface area contributed by atoms with Gasteiger partial charge in [-0.1, -0.05) is 0 Å². The van der Waals surface area contributed by atoms with Crippen molar-refractivity contribution in [2.24, 2.45) is 0 Å². The predicted molar refractivity (Wildman–Crippen MR) is 62.2 cm³/mol. The average molecular weight is 226 g/mol. The smallest absolute Gasteiger partial charge is 0.242 e. The minimum Gasteiger partial charge on any atom is -0.375 e. The molecule has 1 amide bonds. The molecule has 2 aliphatic heterocycles. The van der Waals surface area contributed by atoms with Crippen LogP contribution in [0.2, 0.25) is 0 Å². The van der Waals surface area contributed by atoms with Crippen molar-refractivity contribution in [3.63, 3.8) is 0 Å². The van der Waals surface area contributed by atoms with Crippen LogP contribution in [0.3, 0.4) is 0 Å². The summed E-state index contributed by atoms with van der Waals surface area (Å²) in [6.07, 6.45) is 3.51. The summed E-state index contributed by atoms with van der Waals surface area (Å²) < 4.78 is 5.53. The summed E-state index contributed by atoms with van der Waals surface area (Å²) in [6, 6.07) is 0.242. The van der Waals surface area contributed by atoms with Gasteiger partial charge in [0.25, 0.3) is 0 Å². The van der Waals surface area contributed by atoms with Crippen LogP contribution in [-0.2, 0) is 9.53 Å². The van der Waals surface area contributed by atoms with Crippen molar-refractivity contribution in [1.29, 1.82) is 0 Å². The fourth-order valence-electron chi connectivity index (χ4n) is 2.61. The number of likely N-dealkylation sites (tertiary alicyclic amines) is 1. The van der Waals surface area contributed by atoms with Crippen molar-refractivity contribution in [1.82, 2.24) is 10.2 Å². The molecule has 0 bridgehead atoms. The number of ether oxygens (including phenoxy) is 1. The van der Waals surface area contributed by atoms with Gasteiger partial charge < -0.3 is 15.0 Å². The van der Waals surface area contributed by atoms with Crippen molar-refractivity contribution in [3.8, 4) is 0 Å². The number of amides is 1. The molecule has 0 radical (unpaired) electrons. The molecule has 1 N–H and O–H groups in total. The number of rotatable bonds is 1. The average Bonchev–Trinajstić information content (AvgIpc) is 2.29. The quantitative estimate of drug-likeness (QED) is 0.718. The first-order valence-corrected chi connectivity index (χ1v) is 6.35. The zero-order valence-corrected chi connectivity index (χ0v) is 10.2. The number of piperidine rings is 1. The maximum atomic E-state index is 12.4. The Labute approximate surface area is 97.3 Å². The third-order valence-electron chi connectivity index (χ3n) is 3.67. The van der Waals surface area contributed by atoms with Gasteiger partial charge in [0, 0.05) is 19.1 Å². The summed E-state index contributed by atoms with van der Waals surface area (Å²) in [6.45, 7) is 6.52. The fraction of sp³-hybridized carbons (Fsp3) is 0.917. The van der Waals surface area contributed by atoms with E-state index in [1.807, 2.05) is 11.8 Å². The lowest BCUT2D eigenvalue weighted by molar-refractivity contribution is -0.142. The fourth-order valence-corrected chi connectivity index (χ4v) is 2.61. The Hall–Kier alpha value is -0.610. The Bertz CT molecular complexity index is 233. The van der Waals surface area contributed by atoms with Gasteiger partial charge in [-0.2, -0.15) is 0 Å². The lowest BCUT2D eigenvalue weighted by Gasteiger charge is -2.39. The van der Waals surface area contributed by atoms with Crippen molar-refractivity contribution in [2.75, 3.05) is 19.7 Å². The van der Waals surface area contributed by atoms with E-state index in [9.17, 15) is 4.79 Å². The highest BCUT2D eigenvalue weighted by Gasteiger charge is 2.34. The van der Waals surface area contributed by atoms with E-state index in [2.05, 4.69) is 12.2 Å². The number of nitrogens with zero attached hydrogens (tertiary/aromatic N) is 1. The summed E-state index contributed by atoms with van der Waals surface area (Å²) in [5, 5.41) is 3.27. The summed E-state index contributed by atoms with van der Waals surface area (Å²) in [4.78, 5) is 14.4. The van der Waals surface area contributed by atoms with E-state index in [1.54, 1.807) is 0 Å². The van der Waals surface area contributed by atoms with Crippen LogP contribution in [0, 0.1) is 0 Å². The second-order valence-corrected chi connectivity index (χ2v) is 4.88. The largest absolute Gasteiger partial charge is 0.375 e. The zero-order valence-electron chi connectivity index (χ0n) is 10.2. The van der Waals surface area contributed by atoms with Crippen LogP contribution >= 0.6 is 0 Å². The number of hydrogen-bond donors (Lipinski definition) is 1. The first-order valence-electron chi connectivity index (χ1n) is 6.35. The monoisotopic (exact) mass is 226 g/mol. The maximum Gasteiger partial charge on any atom is 0.242 e. The first-order chi connectivity index (χ1) is 7.70. The van der Waals surface area contributed by atoms with Gasteiger partial charge in [-0.3, -0.25) is 4.79 Å². The summed E-state index contributed by atoms with van der Waals surface area (Å²) in [7, 11) is 0. The minimum absolute atomic E-state index is 0.00428. The molecule has 4 heteroatoms. The Balaban J connectivity index is 1.99. The molecule has 0 saturated carbocycles. The van der Waals surface area contributed by atoms with E-state index < -0.39 is 0 Å². The molecule has 4 nitrogen and oxygen atoms in total. The van der Waals surface area contributed by atoms with E-state index in [-0.39, 0.29) is 18.1 Å². The van der Waals surface area contributed by atoms with Gasteiger partial charge in [0.1, 0.15) is 6.04 Å². The van der Waals surface area contributed by atoms with Gasteiger partial charge in [-0.15, -0.1) is 0 Å². The SMILES string of the molecule is CC1CCCCN1C(=O)[C@H]1NCCO[C@@H]1C. The van der Waals surface area contributed by atoms with Gasteiger partial charge in [0.15, 0.2) is 0 Å². The normalized spacial score (nSPS) is 36.1. The van der Waals surface area contributed by atoms with Crippen LogP contribution in [0.1, 0.15) is 33.1 Å². The highest BCUT2D eigenvalue weighted by molar-refractivity contribution is 5.83. The third-order valence-corrected chi connectivity index (χ3v) is 3.67. The Morgan fingerprint density at radius 3 is 2.88 bits per heavy atom. The van der Waals surface area contributed by atoms with Crippen LogP contribution in [0.4, 0.5) is 0 Å². The number of carbonyl (C=O) groups is 1. The van der Waals surface area contributed by atoms with E-state index in [0.717, 1.165) is 25.9 Å². The molecule has 3 atom stereocenters. The lowest BCUT2D eigenvalue weighted by Crippen LogP contribution is -2.58. The van der Waals surface area contributed by atoms with Crippen LogP contribution in [0.15, 0.2) is 0 Å². The van der Waals surface area contributed by atoms with Crippen LogP contribution < -0.4 is 5.32 Å². The second-order valence-electron chi connectivity index (χ2n) is 4.88. The molecule has 2 heterocycles. The molecule has 1 unspecified atom stereocenters. The molecule has 2 rings (SSSR count). The highest BCUT2D eigenvalue weighted by Crippen LogP contribution is 2.19. The van der Waals surface area contributed by atoms with Crippen molar-refractivity contribution in [2.45, 2.75) is 51.3 Å². The zero-order chi connectivity index (χ0) is 11.5. The topological polar surface area (TPSA) is 41.6 Å². The number of carbonyl (C=O) groups excluding carboxylic acids is 1. The van der Waals surface area contributed by atoms with Crippen LogP contribution in [0.5, 0.6) is 0 Å². The number of morpholine rings is 1.